The van der Waals surface area contributed by atoms with Crippen LogP contribution in [0, 0.1) is 0 Å². The highest BCUT2D eigenvalue weighted by Gasteiger charge is 2.20. The number of aromatic nitrogens is 1. The van der Waals surface area contributed by atoms with E-state index >= 15 is 0 Å². The summed E-state index contributed by atoms with van der Waals surface area (Å²) < 4.78 is 23.7. The van der Waals surface area contributed by atoms with Crippen molar-refractivity contribution in [1.82, 2.24) is 4.57 Å². The number of nitrogens with zero attached hydrogens (tertiary/aromatic N) is 1. The van der Waals surface area contributed by atoms with Gasteiger partial charge in [0, 0.05) is 16.8 Å². The van der Waals surface area contributed by atoms with Crippen LogP contribution in [0.3, 0.4) is 0 Å². The highest BCUT2D eigenvalue weighted by Crippen LogP contribution is 2.40. The number of pyridine rings is 1. The average Bonchev–Trinajstić information content (AvgIpc) is 2.81. The van der Waals surface area contributed by atoms with E-state index in [4.69, 9.17) is 42.1 Å². The van der Waals surface area contributed by atoms with Crippen LogP contribution >= 0.6 is 23.2 Å². The first-order chi connectivity index (χ1) is 15.4. The lowest BCUT2D eigenvalue weighted by molar-refractivity contribution is 0.355. The van der Waals surface area contributed by atoms with Gasteiger partial charge in [0.25, 0.3) is 5.56 Å². The van der Waals surface area contributed by atoms with Crippen LogP contribution in [0.15, 0.2) is 47.3 Å². The molecule has 0 saturated heterocycles. The maximum Gasteiger partial charge on any atom is 0.263 e. The van der Waals surface area contributed by atoms with Gasteiger partial charge in [-0.05, 0) is 35.9 Å². The Hall–Kier alpha value is -3.09. The van der Waals surface area contributed by atoms with Gasteiger partial charge in [0.05, 0.1) is 55.9 Å². The van der Waals surface area contributed by atoms with E-state index in [1.54, 1.807) is 43.1 Å². The van der Waals surface area contributed by atoms with Crippen LogP contribution in [0.25, 0.3) is 21.7 Å². The van der Waals surface area contributed by atoms with Crippen molar-refractivity contribution in [1.29, 1.82) is 0 Å². The summed E-state index contributed by atoms with van der Waals surface area (Å²) in [5.41, 5.74) is 1.26. The van der Waals surface area contributed by atoms with Crippen molar-refractivity contribution in [2.75, 3.05) is 28.4 Å². The van der Waals surface area contributed by atoms with E-state index in [1.807, 2.05) is 18.2 Å². The smallest absolute Gasteiger partial charge is 0.263 e. The molecule has 1 aromatic heterocycles. The number of benzene rings is 3. The molecule has 4 rings (SSSR count). The number of methoxy groups -OCH3 is 4. The number of halogens is 2. The van der Waals surface area contributed by atoms with Gasteiger partial charge in [0.1, 0.15) is 0 Å². The molecule has 0 saturated carbocycles. The quantitative estimate of drug-likeness (QED) is 0.344. The summed E-state index contributed by atoms with van der Waals surface area (Å²) in [6, 6.07) is 12.6. The van der Waals surface area contributed by atoms with Crippen molar-refractivity contribution in [3.63, 3.8) is 0 Å². The molecule has 32 heavy (non-hydrogen) atoms. The fourth-order valence-corrected chi connectivity index (χ4v) is 4.21. The first-order valence-electron chi connectivity index (χ1n) is 9.70. The molecular weight excluding hydrogens is 453 g/mol. The van der Waals surface area contributed by atoms with Crippen LogP contribution in [-0.2, 0) is 6.54 Å². The van der Waals surface area contributed by atoms with Gasteiger partial charge >= 0.3 is 0 Å². The molecule has 3 aromatic carbocycles. The zero-order chi connectivity index (χ0) is 23.0. The fraction of sp³-hybridized carbons (Fsp3) is 0.208. The second-order valence-corrected chi connectivity index (χ2v) is 7.90. The van der Waals surface area contributed by atoms with Crippen LogP contribution in [0.4, 0.5) is 0 Å². The molecule has 0 atom stereocenters. The standard InChI is InChI=1S/C24H21Cl2NO5/c1-29-19-8-6-14-15-10-20(30-2)21(31-3)11-18(15)27(24(28)22(14)23(19)32-4)12-13-5-7-16(25)17(26)9-13/h5-11H,12H2,1-4H3. The predicted molar refractivity (Wildman–Crippen MR) is 127 cm³/mol. The van der Waals surface area contributed by atoms with Crippen LogP contribution in [-0.4, -0.2) is 33.0 Å². The fourth-order valence-electron chi connectivity index (χ4n) is 3.89. The van der Waals surface area contributed by atoms with Gasteiger partial charge < -0.3 is 23.5 Å². The number of rotatable bonds is 6. The lowest BCUT2D eigenvalue weighted by atomic mass is 10.0. The number of hydrogen-bond acceptors (Lipinski definition) is 5. The second kappa shape index (κ2) is 8.81. The third-order valence-electron chi connectivity index (χ3n) is 5.41. The van der Waals surface area contributed by atoms with Gasteiger partial charge in [0.2, 0.25) is 0 Å². The molecular formula is C24H21Cl2NO5. The molecule has 0 bridgehead atoms. The van der Waals surface area contributed by atoms with Crippen molar-refractivity contribution >= 4 is 44.9 Å². The van der Waals surface area contributed by atoms with Crippen molar-refractivity contribution in [3.8, 4) is 23.0 Å². The summed E-state index contributed by atoms with van der Waals surface area (Å²) in [6.45, 7) is 0.262. The number of fused-ring (bicyclic) bond motifs is 3. The Morgan fingerprint density at radius 2 is 1.44 bits per heavy atom. The Morgan fingerprint density at radius 1 is 0.750 bits per heavy atom. The molecule has 8 heteroatoms. The average molecular weight is 474 g/mol. The van der Waals surface area contributed by atoms with E-state index < -0.39 is 0 Å². The summed E-state index contributed by atoms with van der Waals surface area (Å²) in [7, 11) is 6.17. The maximum atomic E-state index is 13.8. The molecule has 0 fully saturated rings. The third kappa shape index (κ3) is 3.59. The molecule has 0 spiro atoms. The van der Waals surface area contributed by atoms with Gasteiger partial charge in [-0.1, -0.05) is 29.3 Å². The highest BCUT2D eigenvalue weighted by atomic mass is 35.5. The summed E-state index contributed by atoms with van der Waals surface area (Å²) in [6.07, 6.45) is 0. The number of ether oxygens (including phenoxy) is 4. The largest absolute Gasteiger partial charge is 0.493 e. The number of hydrogen-bond donors (Lipinski definition) is 0. The van der Waals surface area contributed by atoms with E-state index in [-0.39, 0.29) is 12.1 Å². The van der Waals surface area contributed by atoms with E-state index in [0.29, 0.717) is 49.3 Å². The van der Waals surface area contributed by atoms with Gasteiger partial charge in [-0.2, -0.15) is 0 Å². The zero-order valence-corrected chi connectivity index (χ0v) is 19.5. The predicted octanol–water partition coefficient (Wildman–Crippen LogP) is 5.54. The Morgan fingerprint density at radius 3 is 2.06 bits per heavy atom. The Balaban J connectivity index is 2.14. The molecule has 0 aliphatic heterocycles. The molecule has 0 N–H and O–H groups in total. The Labute approximate surface area is 194 Å². The third-order valence-corrected chi connectivity index (χ3v) is 6.15. The van der Waals surface area contributed by atoms with Crippen LogP contribution in [0.2, 0.25) is 10.0 Å². The summed E-state index contributed by atoms with van der Waals surface area (Å²) in [5.74, 6) is 1.91. The maximum absolute atomic E-state index is 13.8. The first-order valence-corrected chi connectivity index (χ1v) is 10.5. The first kappa shape index (κ1) is 22.1. The SMILES string of the molecule is COc1cc2c3ccc(OC)c(OC)c3c(=O)n(Cc3ccc(Cl)c(Cl)c3)c2cc1OC. The summed E-state index contributed by atoms with van der Waals surface area (Å²) in [5, 5.41) is 2.80. The van der Waals surface area contributed by atoms with Gasteiger partial charge in [0.15, 0.2) is 23.0 Å². The molecule has 166 valence electrons. The minimum absolute atomic E-state index is 0.235. The topological polar surface area (TPSA) is 58.9 Å². The van der Waals surface area contributed by atoms with E-state index in [9.17, 15) is 4.79 Å². The van der Waals surface area contributed by atoms with Gasteiger partial charge in [-0.25, -0.2) is 0 Å². The van der Waals surface area contributed by atoms with E-state index in [1.165, 1.54) is 14.2 Å². The second-order valence-electron chi connectivity index (χ2n) is 7.09. The molecule has 0 amide bonds. The molecule has 1 heterocycles. The minimum Gasteiger partial charge on any atom is -0.493 e. The van der Waals surface area contributed by atoms with Crippen LogP contribution < -0.4 is 24.5 Å². The molecule has 0 unspecified atom stereocenters. The van der Waals surface area contributed by atoms with Crippen molar-refractivity contribution < 1.29 is 18.9 Å². The lowest BCUT2D eigenvalue weighted by Crippen LogP contribution is -2.22. The van der Waals surface area contributed by atoms with Crippen molar-refractivity contribution in [3.05, 3.63) is 68.4 Å². The van der Waals surface area contributed by atoms with Crippen molar-refractivity contribution in [2.45, 2.75) is 6.54 Å². The Kier molecular flexibility index (Phi) is 6.09. The van der Waals surface area contributed by atoms with Gasteiger partial charge in [-0.3, -0.25) is 4.79 Å². The molecule has 6 nitrogen and oxygen atoms in total. The molecule has 0 aliphatic rings. The zero-order valence-electron chi connectivity index (χ0n) is 18.0. The monoisotopic (exact) mass is 473 g/mol. The molecule has 0 radical (unpaired) electrons. The van der Waals surface area contributed by atoms with E-state index in [0.717, 1.165) is 10.9 Å². The summed E-state index contributed by atoms with van der Waals surface area (Å²) >= 11 is 12.3. The molecule has 0 aliphatic carbocycles. The minimum atomic E-state index is -0.235. The normalized spacial score (nSPS) is 11.1. The van der Waals surface area contributed by atoms with Crippen LogP contribution in [0.1, 0.15) is 5.56 Å². The Bertz CT molecular complexity index is 1400. The van der Waals surface area contributed by atoms with E-state index in [2.05, 4.69) is 0 Å². The summed E-state index contributed by atoms with van der Waals surface area (Å²) in [4.78, 5) is 13.8. The lowest BCUT2D eigenvalue weighted by Gasteiger charge is -2.18. The highest BCUT2D eigenvalue weighted by molar-refractivity contribution is 6.42. The van der Waals surface area contributed by atoms with Crippen LogP contribution in [0.5, 0.6) is 23.0 Å². The molecule has 4 aromatic rings. The van der Waals surface area contributed by atoms with Gasteiger partial charge in [-0.15, -0.1) is 0 Å². The van der Waals surface area contributed by atoms with Crippen molar-refractivity contribution in [2.24, 2.45) is 0 Å².